The molecule has 0 aliphatic heterocycles. The van der Waals surface area contributed by atoms with Crippen LogP contribution in [0.15, 0.2) is 51.5 Å². The van der Waals surface area contributed by atoms with Crippen molar-refractivity contribution in [3.05, 3.63) is 59.7 Å². The van der Waals surface area contributed by atoms with Crippen molar-refractivity contribution in [1.29, 1.82) is 0 Å². The first-order chi connectivity index (χ1) is 13.5. The maximum Gasteiger partial charge on any atom is 0.271 e. The quantitative estimate of drug-likeness (QED) is 0.501. The Morgan fingerprint density at radius 1 is 1.21 bits per heavy atom. The van der Waals surface area contributed by atoms with Crippen molar-refractivity contribution >= 4 is 11.7 Å². The van der Waals surface area contributed by atoms with Gasteiger partial charge in [-0.2, -0.15) is 9.90 Å². The van der Waals surface area contributed by atoms with Crippen LogP contribution in [0, 0.1) is 0 Å². The standard InChI is InChI=1S/C18H14N6O4/c1-10(25)13-7-12(28-23-13)9-24-20-8-14(22-24)18-21-15(17(19)26)16(27-18)11-5-3-2-4-6-11/h2-8H,9H2,1H3,(H2,19,26). The minimum absolute atomic E-state index is 0.0112. The van der Waals surface area contributed by atoms with E-state index >= 15 is 0 Å². The molecule has 0 spiro atoms. The number of rotatable bonds is 6. The van der Waals surface area contributed by atoms with Crippen molar-refractivity contribution in [2.45, 2.75) is 13.5 Å². The van der Waals surface area contributed by atoms with Crippen LogP contribution in [0.1, 0.15) is 33.7 Å². The molecule has 28 heavy (non-hydrogen) atoms. The molecule has 1 amide bonds. The molecule has 140 valence electrons. The van der Waals surface area contributed by atoms with Gasteiger partial charge in [-0.15, -0.1) is 5.10 Å². The van der Waals surface area contributed by atoms with E-state index in [1.165, 1.54) is 24.0 Å². The Morgan fingerprint density at radius 3 is 2.68 bits per heavy atom. The highest BCUT2D eigenvalue weighted by atomic mass is 16.5. The SMILES string of the molecule is CC(=O)c1cc(Cn2ncc(-c3nc(C(N)=O)c(-c4ccccc4)o3)n2)on1. The maximum atomic E-state index is 11.8. The van der Waals surface area contributed by atoms with Gasteiger partial charge in [0, 0.05) is 18.6 Å². The van der Waals surface area contributed by atoms with Crippen LogP contribution in [-0.4, -0.2) is 36.8 Å². The third-order valence-corrected chi connectivity index (χ3v) is 3.87. The molecular weight excluding hydrogens is 364 g/mol. The molecular formula is C18H14N6O4. The Balaban J connectivity index is 1.63. The number of nitrogens with two attached hydrogens (primary N) is 1. The minimum Gasteiger partial charge on any atom is -0.434 e. The molecule has 1 aromatic carbocycles. The molecule has 2 N–H and O–H groups in total. The zero-order valence-corrected chi connectivity index (χ0v) is 14.7. The molecule has 0 saturated heterocycles. The summed E-state index contributed by atoms with van der Waals surface area (Å²) in [7, 11) is 0. The van der Waals surface area contributed by atoms with Crippen LogP contribution >= 0.6 is 0 Å². The Hall–Kier alpha value is -4.08. The fraction of sp³-hybridized carbons (Fsp3) is 0.111. The summed E-state index contributed by atoms with van der Waals surface area (Å²) in [6.45, 7) is 1.56. The molecule has 0 aliphatic rings. The fourth-order valence-corrected chi connectivity index (χ4v) is 2.55. The summed E-state index contributed by atoms with van der Waals surface area (Å²) in [6.07, 6.45) is 1.44. The van der Waals surface area contributed by atoms with Crippen LogP contribution in [0.2, 0.25) is 0 Å². The van der Waals surface area contributed by atoms with Crippen LogP contribution in [0.25, 0.3) is 22.9 Å². The van der Waals surface area contributed by atoms with Crippen molar-refractivity contribution in [2.75, 3.05) is 0 Å². The first-order valence-electron chi connectivity index (χ1n) is 8.24. The number of hydrogen-bond donors (Lipinski definition) is 1. The van der Waals surface area contributed by atoms with E-state index in [1.807, 2.05) is 18.2 Å². The number of aromatic nitrogens is 5. The molecule has 0 fully saturated rings. The van der Waals surface area contributed by atoms with Gasteiger partial charge in [0.1, 0.15) is 12.2 Å². The highest BCUT2D eigenvalue weighted by Crippen LogP contribution is 2.28. The van der Waals surface area contributed by atoms with Crippen molar-refractivity contribution < 1.29 is 18.5 Å². The molecule has 3 aromatic heterocycles. The van der Waals surface area contributed by atoms with Gasteiger partial charge in [-0.1, -0.05) is 35.5 Å². The Bertz CT molecular complexity index is 1160. The highest BCUT2D eigenvalue weighted by Gasteiger charge is 2.22. The summed E-state index contributed by atoms with van der Waals surface area (Å²) >= 11 is 0. The number of ketones is 1. The third-order valence-electron chi connectivity index (χ3n) is 3.87. The van der Waals surface area contributed by atoms with Crippen LogP contribution in [0.3, 0.4) is 0 Å². The molecule has 4 aromatic rings. The normalized spacial score (nSPS) is 10.9. The number of hydrogen-bond acceptors (Lipinski definition) is 8. The first-order valence-corrected chi connectivity index (χ1v) is 8.24. The molecule has 0 radical (unpaired) electrons. The first kappa shape index (κ1) is 17.3. The lowest BCUT2D eigenvalue weighted by molar-refractivity contribution is 0.0991. The molecule has 10 nitrogen and oxygen atoms in total. The second-order valence-corrected chi connectivity index (χ2v) is 5.92. The van der Waals surface area contributed by atoms with Crippen molar-refractivity contribution in [2.24, 2.45) is 5.73 Å². The van der Waals surface area contributed by atoms with Gasteiger partial charge in [0.15, 0.2) is 28.7 Å². The monoisotopic (exact) mass is 378 g/mol. The topological polar surface area (TPSA) is 143 Å². The van der Waals surface area contributed by atoms with Crippen molar-refractivity contribution in [3.8, 4) is 22.9 Å². The van der Waals surface area contributed by atoms with E-state index < -0.39 is 5.91 Å². The smallest absolute Gasteiger partial charge is 0.271 e. The number of Topliss-reactive ketones (excluding diaryl/α,β-unsaturated/α-hetero) is 1. The van der Waals surface area contributed by atoms with Gasteiger partial charge in [0.05, 0.1) is 6.20 Å². The van der Waals surface area contributed by atoms with Gasteiger partial charge < -0.3 is 14.7 Å². The number of oxazole rings is 1. The van der Waals surface area contributed by atoms with E-state index in [1.54, 1.807) is 12.1 Å². The van der Waals surface area contributed by atoms with E-state index in [0.717, 1.165) is 0 Å². The van der Waals surface area contributed by atoms with Crippen LogP contribution in [0.5, 0.6) is 0 Å². The highest BCUT2D eigenvalue weighted by molar-refractivity contribution is 5.97. The summed E-state index contributed by atoms with van der Waals surface area (Å²) < 4.78 is 10.8. The number of carbonyl (C=O) groups is 2. The molecule has 0 unspecified atom stereocenters. The lowest BCUT2D eigenvalue weighted by Crippen LogP contribution is -2.12. The number of benzene rings is 1. The Morgan fingerprint density at radius 2 is 2.00 bits per heavy atom. The largest absolute Gasteiger partial charge is 0.434 e. The molecule has 10 heteroatoms. The minimum atomic E-state index is -0.709. The lowest BCUT2D eigenvalue weighted by atomic mass is 10.1. The van der Waals surface area contributed by atoms with Gasteiger partial charge in [0.25, 0.3) is 5.91 Å². The molecule has 0 saturated carbocycles. The van der Waals surface area contributed by atoms with Gasteiger partial charge in [-0.25, -0.2) is 4.98 Å². The predicted octanol–water partition coefficient (Wildman–Crippen LogP) is 1.94. The predicted molar refractivity (Wildman–Crippen MR) is 95.1 cm³/mol. The van der Waals surface area contributed by atoms with Crippen LogP contribution in [0.4, 0.5) is 0 Å². The van der Waals surface area contributed by atoms with E-state index in [2.05, 4.69) is 20.3 Å². The summed E-state index contributed by atoms with van der Waals surface area (Å²) in [5.74, 6) is -0.113. The van der Waals surface area contributed by atoms with Crippen LogP contribution in [-0.2, 0) is 6.54 Å². The summed E-state index contributed by atoms with van der Waals surface area (Å²) in [6, 6.07) is 10.6. The Labute approximate surface area is 158 Å². The van der Waals surface area contributed by atoms with E-state index in [0.29, 0.717) is 17.0 Å². The number of nitrogens with zero attached hydrogens (tertiary/aromatic N) is 5. The molecule has 4 rings (SSSR count). The second-order valence-electron chi connectivity index (χ2n) is 5.92. The Kier molecular flexibility index (Phi) is 4.28. The molecule has 0 bridgehead atoms. The van der Waals surface area contributed by atoms with Gasteiger partial charge in [-0.05, 0) is 0 Å². The van der Waals surface area contributed by atoms with Gasteiger partial charge in [-0.3, -0.25) is 9.59 Å². The summed E-state index contributed by atoms with van der Waals surface area (Å²) in [4.78, 5) is 28.5. The van der Waals surface area contributed by atoms with E-state index in [-0.39, 0.29) is 35.4 Å². The summed E-state index contributed by atoms with van der Waals surface area (Å²) in [5, 5.41) is 12.0. The molecule has 3 heterocycles. The molecule has 0 aliphatic carbocycles. The second kappa shape index (κ2) is 6.91. The third kappa shape index (κ3) is 3.30. The van der Waals surface area contributed by atoms with Gasteiger partial charge in [0.2, 0.25) is 5.89 Å². The summed E-state index contributed by atoms with van der Waals surface area (Å²) in [5.41, 5.74) is 6.65. The fourth-order valence-electron chi connectivity index (χ4n) is 2.55. The van der Waals surface area contributed by atoms with Crippen molar-refractivity contribution in [3.63, 3.8) is 0 Å². The zero-order chi connectivity index (χ0) is 19.7. The number of carbonyl (C=O) groups excluding carboxylic acids is 2. The van der Waals surface area contributed by atoms with E-state index in [9.17, 15) is 9.59 Å². The van der Waals surface area contributed by atoms with E-state index in [4.69, 9.17) is 14.7 Å². The van der Waals surface area contributed by atoms with Gasteiger partial charge >= 0.3 is 0 Å². The maximum absolute atomic E-state index is 11.8. The lowest BCUT2D eigenvalue weighted by Gasteiger charge is -1.96. The number of amides is 1. The average molecular weight is 378 g/mol. The van der Waals surface area contributed by atoms with Crippen molar-refractivity contribution in [1.82, 2.24) is 25.1 Å². The number of primary amides is 1. The molecule has 0 atom stereocenters. The van der Waals surface area contributed by atoms with Crippen LogP contribution < -0.4 is 5.73 Å². The average Bonchev–Trinajstić information content (AvgIpc) is 3.42. The zero-order valence-electron chi connectivity index (χ0n) is 14.7.